The zero-order chi connectivity index (χ0) is 12.0. The minimum atomic E-state index is -0.327. The molecule has 3 heteroatoms. The van der Waals surface area contributed by atoms with E-state index in [1.807, 2.05) is 12.1 Å². The fraction of sp³-hybridized carbons (Fsp3) is 0.385. The highest BCUT2D eigenvalue weighted by Crippen LogP contribution is 2.20. The van der Waals surface area contributed by atoms with Crippen molar-refractivity contribution in [3.05, 3.63) is 35.4 Å². The van der Waals surface area contributed by atoms with Crippen molar-refractivity contribution in [3.8, 4) is 0 Å². The zero-order valence-electron chi connectivity index (χ0n) is 9.60. The molecule has 0 saturated heterocycles. The predicted octanol–water partition coefficient (Wildman–Crippen LogP) is 2.56. The Bertz CT molecular complexity index is 354. The molecule has 0 amide bonds. The first-order valence-corrected chi connectivity index (χ1v) is 5.31. The van der Waals surface area contributed by atoms with E-state index in [0.29, 0.717) is 17.9 Å². The van der Waals surface area contributed by atoms with E-state index < -0.39 is 0 Å². The number of esters is 1. The van der Waals surface area contributed by atoms with Crippen molar-refractivity contribution in [1.82, 2.24) is 0 Å². The van der Waals surface area contributed by atoms with Crippen LogP contribution in [0.5, 0.6) is 0 Å². The van der Waals surface area contributed by atoms with Crippen LogP contribution >= 0.6 is 0 Å². The van der Waals surface area contributed by atoms with Crippen molar-refractivity contribution in [2.24, 2.45) is 0 Å². The summed E-state index contributed by atoms with van der Waals surface area (Å²) in [5.41, 5.74) is 1.68. The molecule has 1 aromatic rings. The monoisotopic (exact) mass is 220 g/mol. The highest BCUT2D eigenvalue weighted by molar-refractivity contribution is 5.89. The molecule has 16 heavy (non-hydrogen) atoms. The lowest BCUT2D eigenvalue weighted by atomic mass is 9.96. The summed E-state index contributed by atoms with van der Waals surface area (Å²) in [5, 5.41) is 0. The highest BCUT2D eigenvalue weighted by atomic mass is 16.5. The Kier molecular flexibility index (Phi) is 4.70. The third-order valence-electron chi connectivity index (χ3n) is 2.62. The van der Waals surface area contributed by atoms with Crippen LogP contribution in [0, 0.1) is 0 Å². The van der Waals surface area contributed by atoms with E-state index >= 15 is 0 Å². The molecule has 1 rings (SSSR count). The van der Waals surface area contributed by atoms with Gasteiger partial charge in [0.05, 0.1) is 12.7 Å². The van der Waals surface area contributed by atoms with Gasteiger partial charge in [-0.05, 0) is 30.0 Å². The second-order valence-electron chi connectivity index (χ2n) is 3.76. The molecule has 0 bridgehead atoms. The predicted molar refractivity (Wildman–Crippen MR) is 61.5 cm³/mol. The molecule has 0 fully saturated rings. The van der Waals surface area contributed by atoms with Crippen LogP contribution in [0.2, 0.25) is 0 Å². The minimum absolute atomic E-state index is 0.327. The summed E-state index contributed by atoms with van der Waals surface area (Å²) in [7, 11) is 1.36. The van der Waals surface area contributed by atoms with Crippen LogP contribution in [0.3, 0.4) is 0 Å². The van der Waals surface area contributed by atoms with Crippen molar-refractivity contribution >= 4 is 12.3 Å². The molecule has 0 N–H and O–H groups in total. The first kappa shape index (κ1) is 12.4. The van der Waals surface area contributed by atoms with Gasteiger partial charge in [-0.3, -0.25) is 0 Å². The standard InChI is InChI=1S/C13H16O3/c1-10(4-3-9-14)11-5-7-12(8-6-11)13(15)16-2/h5-10H,3-4H2,1-2H3/t10-/m0/s1. The van der Waals surface area contributed by atoms with Gasteiger partial charge in [0.1, 0.15) is 6.29 Å². The SMILES string of the molecule is COC(=O)c1ccc([C@@H](C)CCC=O)cc1. The average Bonchev–Trinajstić information content (AvgIpc) is 2.35. The molecule has 0 radical (unpaired) electrons. The van der Waals surface area contributed by atoms with Gasteiger partial charge in [-0.2, -0.15) is 0 Å². The molecule has 0 saturated carbocycles. The van der Waals surface area contributed by atoms with Gasteiger partial charge >= 0.3 is 5.97 Å². The van der Waals surface area contributed by atoms with E-state index in [1.165, 1.54) is 7.11 Å². The number of rotatable bonds is 5. The highest BCUT2D eigenvalue weighted by Gasteiger charge is 2.08. The molecule has 0 aliphatic rings. The van der Waals surface area contributed by atoms with E-state index in [-0.39, 0.29) is 5.97 Å². The molecular formula is C13H16O3. The van der Waals surface area contributed by atoms with Gasteiger partial charge in [-0.15, -0.1) is 0 Å². The number of benzene rings is 1. The van der Waals surface area contributed by atoms with E-state index in [4.69, 9.17) is 0 Å². The van der Waals surface area contributed by atoms with Crippen LogP contribution in [-0.4, -0.2) is 19.4 Å². The molecule has 1 aromatic carbocycles. The fourth-order valence-electron chi connectivity index (χ4n) is 1.55. The number of carbonyl (C=O) groups excluding carboxylic acids is 2. The summed E-state index contributed by atoms with van der Waals surface area (Å²) < 4.78 is 4.62. The summed E-state index contributed by atoms with van der Waals surface area (Å²) >= 11 is 0. The molecule has 1 atom stereocenters. The smallest absolute Gasteiger partial charge is 0.337 e. The molecular weight excluding hydrogens is 204 g/mol. The minimum Gasteiger partial charge on any atom is -0.465 e. The topological polar surface area (TPSA) is 43.4 Å². The fourth-order valence-corrected chi connectivity index (χ4v) is 1.55. The Morgan fingerprint density at radius 2 is 2.00 bits per heavy atom. The molecule has 0 aliphatic carbocycles. The molecule has 86 valence electrons. The van der Waals surface area contributed by atoms with Crippen LogP contribution in [0.4, 0.5) is 0 Å². The summed E-state index contributed by atoms with van der Waals surface area (Å²) in [6, 6.07) is 7.31. The van der Waals surface area contributed by atoms with Gasteiger partial charge in [0.2, 0.25) is 0 Å². The number of hydrogen-bond donors (Lipinski definition) is 0. The van der Waals surface area contributed by atoms with Gasteiger partial charge < -0.3 is 9.53 Å². The quantitative estimate of drug-likeness (QED) is 0.565. The summed E-state index contributed by atoms with van der Waals surface area (Å²) in [4.78, 5) is 21.5. The number of aldehydes is 1. The first-order chi connectivity index (χ1) is 7.69. The average molecular weight is 220 g/mol. The lowest BCUT2D eigenvalue weighted by Crippen LogP contribution is -2.01. The Balaban J connectivity index is 2.70. The Morgan fingerprint density at radius 1 is 1.38 bits per heavy atom. The van der Waals surface area contributed by atoms with Crippen LogP contribution in [-0.2, 0) is 9.53 Å². The lowest BCUT2D eigenvalue weighted by Gasteiger charge is -2.10. The van der Waals surface area contributed by atoms with Crippen molar-refractivity contribution in [2.45, 2.75) is 25.7 Å². The van der Waals surface area contributed by atoms with Gasteiger partial charge in [-0.1, -0.05) is 19.1 Å². The maximum atomic E-state index is 11.2. The first-order valence-electron chi connectivity index (χ1n) is 5.31. The second kappa shape index (κ2) is 6.05. The Morgan fingerprint density at radius 3 is 2.50 bits per heavy atom. The molecule has 0 aliphatic heterocycles. The third-order valence-corrected chi connectivity index (χ3v) is 2.62. The normalized spacial score (nSPS) is 11.9. The van der Waals surface area contributed by atoms with Crippen LogP contribution in [0.25, 0.3) is 0 Å². The second-order valence-corrected chi connectivity index (χ2v) is 3.76. The van der Waals surface area contributed by atoms with Crippen molar-refractivity contribution in [1.29, 1.82) is 0 Å². The summed E-state index contributed by atoms with van der Waals surface area (Å²) in [6.45, 7) is 2.07. The van der Waals surface area contributed by atoms with E-state index in [9.17, 15) is 9.59 Å². The molecule has 0 aromatic heterocycles. The van der Waals surface area contributed by atoms with E-state index in [1.54, 1.807) is 12.1 Å². The number of ether oxygens (including phenoxy) is 1. The van der Waals surface area contributed by atoms with Gasteiger partial charge in [0, 0.05) is 6.42 Å². The van der Waals surface area contributed by atoms with Crippen molar-refractivity contribution < 1.29 is 14.3 Å². The van der Waals surface area contributed by atoms with Gasteiger partial charge in [0.15, 0.2) is 0 Å². The van der Waals surface area contributed by atoms with Gasteiger partial charge in [-0.25, -0.2) is 4.79 Å². The molecule has 3 nitrogen and oxygen atoms in total. The Hall–Kier alpha value is -1.64. The van der Waals surface area contributed by atoms with Crippen LogP contribution in [0.1, 0.15) is 41.6 Å². The third kappa shape index (κ3) is 3.19. The molecule has 0 heterocycles. The summed E-state index contributed by atoms with van der Waals surface area (Å²) in [5.74, 6) is 0.00370. The van der Waals surface area contributed by atoms with E-state index in [2.05, 4.69) is 11.7 Å². The lowest BCUT2D eigenvalue weighted by molar-refractivity contribution is -0.108. The van der Waals surface area contributed by atoms with Crippen molar-refractivity contribution in [2.75, 3.05) is 7.11 Å². The van der Waals surface area contributed by atoms with Crippen LogP contribution in [0.15, 0.2) is 24.3 Å². The molecule has 0 spiro atoms. The number of methoxy groups -OCH3 is 1. The number of hydrogen-bond acceptors (Lipinski definition) is 3. The Labute approximate surface area is 95.4 Å². The largest absolute Gasteiger partial charge is 0.465 e. The molecule has 0 unspecified atom stereocenters. The van der Waals surface area contributed by atoms with Gasteiger partial charge in [0.25, 0.3) is 0 Å². The van der Waals surface area contributed by atoms with Crippen LogP contribution < -0.4 is 0 Å². The maximum Gasteiger partial charge on any atom is 0.337 e. The van der Waals surface area contributed by atoms with E-state index in [0.717, 1.165) is 18.3 Å². The maximum absolute atomic E-state index is 11.2. The van der Waals surface area contributed by atoms with Crippen molar-refractivity contribution in [3.63, 3.8) is 0 Å². The zero-order valence-corrected chi connectivity index (χ0v) is 9.60. The number of carbonyl (C=O) groups is 2. The summed E-state index contributed by atoms with van der Waals surface area (Å²) in [6.07, 6.45) is 2.33.